The van der Waals surface area contributed by atoms with Crippen LogP contribution in [0.25, 0.3) is 16.3 Å². The summed E-state index contributed by atoms with van der Waals surface area (Å²) in [4.78, 5) is 4.73. The molecular weight excluding hydrogens is 362 g/mol. The van der Waals surface area contributed by atoms with Gasteiger partial charge in [0.2, 0.25) is 5.16 Å². The Labute approximate surface area is 160 Å². The van der Waals surface area contributed by atoms with E-state index < -0.39 is 0 Å². The van der Waals surface area contributed by atoms with E-state index in [0.717, 1.165) is 32.9 Å². The molecule has 7 heteroatoms. The Morgan fingerprint density at radius 3 is 2.73 bits per heavy atom. The number of thioether (sulfide) groups is 1. The topological polar surface area (TPSA) is 56.5 Å². The summed E-state index contributed by atoms with van der Waals surface area (Å²) in [5.41, 5.74) is 5.60. The minimum atomic E-state index is 0.731. The minimum absolute atomic E-state index is 0.731. The number of nitrogens with zero attached hydrogens (tertiary/aromatic N) is 5. The van der Waals surface area contributed by atoms with Gasteiger partial charge in [-0.2, -0.15) is 4.68 Å². The lowest BCUT2D eigenvalue weighted by Crippen LogP contribution is -2.02. The summed E-state index contributed by atoms with van der Waals surface area (Å²) in [5, 5.41) is 16.1. The molecule has 5 nitrogen and oxygen atoms in total. The van der Waals surface area contributed by atoms with Gasteiger partial charge in [0.1, 0.15) is 5.01 Å². The molecule has 0 spiro atoms. The number of aromatic nitrogens is 5. The lowest BCUT2D eigenvalue weighted by Gasteiger charge is -2.09. The normalized spacial score (nSPS) is 11.0. The first-order chi connectivity index (χ1) is 12.7. The molecule has 0 radical (unpaired) electrons. The fourth-order valence-electron chi connectivity index (χ4n) is 2.61. The highest BCUT2D eigenvalue weighted by Crippen LogP contribution is 2.28. The van der Waals surface area contributed by atoms with E-state index in [1.807, 2.05) is 30.3 Å². The summed E-state index contributed by atoms with van der Waals surface area (Å²) < 4.78 is 1.80. The lowest BCUT2D eigenvalue weighted by molar-refractivity contribution is 0.751. The highest BCUT2D eigenvalue weighted by molar-refractivity contribution is 7.98. The van der Waals surface area contributed by atoms with Crippen molar-refractivity contribution in [2.45, 2.75) is 24.8 Å². The van der Waals surface area contributed by atoms with Crippen LogP contribution in [0.15, 0.2) is 59.1 Å². The Morgan fingerprint density at radius 1 is 1.04 bits per heavy atom. The van der Waals surface area contributed by atoms with Gasteiger partial charge in [-0.15, -0.1) is 16.4 Å². The van der Waals surface area contributed by atoms with Crippen molar-refractivity contribution >= 4 is 23.1 Å². The second kappa shape index (κ2) is 7.39. The van der Waals surface area contributed by atoms with Crippen molar-refractivity contribution in [2.24, 2.45) is 0 Å². The van der Waals surface area contributed by atoms with Gasteiger partial charge in [0.15, 0.2) is 0 Å². The molecular formula is C19H17N5S2. The predicted octanol–water partition coefficient (Wildman–Crippen LogP) is 4.69. The van der Waals surface area contributed by atoms with Crippen molar-refractivity contribution in [1.29, 1.82) is 0 Å². The molecule has 0 aliphatic heterocycles. The molecule has 0 bridgehead atoms. The van der Waals surface area contributed by atoms with Crippen molar-refractivity contribution in [3.63, 3.8) is 0 Å². The van der Waals surface area contributed by atoms with Crippen LogP contribution >= 0.6 is 23.1 Å². The molecule has 2 heterocycles. The number of tetrazole rings is 1. The first-order valence-electron chi connectivity index (χ1n) is 8.20. The van der Waals surface area contributed by atoms with Gasteiger partial charge in [-0.1, -0.05) is 54.2 Å². The van der Waals surface area contributed by atoms with Crippen LogP contribution in [0.5, 0.6) is 0 Å². The SMILES string of the molecule is Cc1cccc(-n2nnnc2SCc2csc(-c3ccccc3)n2)c1C. The van der Waals surface area contributed by atoms with Crippen molar-refractivity contribution in [2.75, 3.05) is 0 Å². The van der Waals surface area contributed by atoms with Gasteiger partial charge < -0.3 is 0 Å². The Morgan fingerprint density at radius 2 is 1.88 bits per heavy atom. The molecule has 0 unspecified atom stereocenters. The van der Waals surface area contributed by atoms with E-state index in [1.165, 1.54) is 11.1 Å². The summed E-state index contributed by atoms with van der Waals surface area (Å²) >= 11 is 3.26. The number of aryl methyl sites for hydroxylation is 1. The fraction of sp³-hybridized carbons (Fsp3) is 0.158. The number of hydrogen-bond acceptors (Lipinski definition) is 6. The zero-order valence-electron chi connectivity index (χ0n) is 14.5. The van der Waals surface area contributed by atoms with E-state index >= 15 is 0 Å². The monoisotopic (exact) mass is 379 g/mol. The maximum atomic E-state index is 4.73. The van der Waals surface area contributed by atoms with E-state index in [4.69, 9.17) is 4.98 Å². The maximum absolute atomic E-state index is 4.73. The standard InChI is InChI=1S/C19H17N5S2/c1-13-7-6-10-17(14(13)2)24-19(21-22-23-24)26-12-16-11-25-18(20-16)15-8-4-3-5-9-15/h3-11H,12H2,1-2H3. The Kier molecular flexibility index (Phi) is 4.81. The van der Waals surface area contributed by atoms with Crippen LogP contribution in [0.3, 0.4) is 0 Å². The highest BCUT2D eigenvalue weighted by atomic mass is 32.2. The smallest absolute Gasteiger partial charge is 0.214 e. The van der Waals surface area contributed by atoms with E-state index in [-0.39, 0.29) is 0 Å². The van der Waals surface area contributed by atoms with Gasteiger partial charge in [-0.3, -0.25) is 0 Å². The first kappa shape index (κ1) is 16.9. The van der Waals surface area contributed by atoms with Crippen molar-refractivity contribution in [3.05, 3.63) is 70.7 Å². The van der Waals surface area contributed by atoms with Crippen molar-refractivity contribution in [1.82, 2.24) is 25.2 Å². The third kappa shape index (κ3) is 3.40. The van der Waals surface area contributed by atoms with Gasteiger partial charge in [0.05, 0.1) is 11.4 Å². The highest BCUT2D eigenvalue weighted by Gasteiger charge is 2.13. The summed E-state index contributed by atoms with van der Waals surface area (Å²) in [7, 11) is 0. The van der Waals surface area contributed by atoms with Crippen LogP contribution in [0, 0.1) is 13.8 Å². The number of hydrogen-bond donors (Lipinski definition) is 0. The Balaban J connectivity index is 1.53. The Bertz CT molecular complexity index is 1020. The number of rotatable bonds is 5. The predicted molar refractivity (Wildman–Crippen MR) is 106 cm³/mol. The summed E-state index contributed by atoms with van der Waals surface area (Å²) in [6.45, 7) is 4.18. The molecule has 0 fully saturated rings. The fourth-order valence-corrected chi connectivity index (χ4v) is 4.32. The van der Waals surface area contributed by atoms with Crippen LogP contribution in [0.1, 0.15) is 16.8 Å². The third-order valence-corrected chi connectivity index (χ3v) is 6.06. The molecule has 0 aliphatic carbocycles. The first-order valence-corrected chi connectivity index (χ1v) is 10.1. The van der Waals surface area contributed by atoms with Crippen LogP contribution in [-0.2, 0) is 5.75 Å². The van der Waals surface area contributed by atoms with E-state index in [2.05, 4.69) is 53.0 Å². The quantitative estimate of drug-likeness (QED) is 0.471. The zero-order valence-corrected chi connectivity index (χ0v) is 16.1. The lowest BCUT2D eigenvalue weighted by atomic mass is 10.1. The molecule has 2 aromatic carbocycles. The summed E-state index contributed by atoms with van der Waals surface area (Å²) in [6, 6.07) is 16.4. The molecule has 26 heavy (non-hydrogen) atoms. The van der Waals surface area contributed by atoms with Crippen LogP contribution in [0.4, 0.5) is 0 Å². The maximum Gasteiger partial charge on any atom is 0.214 e. The van der Waals surface area contributed by atoms with E-state index in [1.54, 1.807) is 27.8 Å². The molecule has 0 saturated heterocycles. The average molecular weight is 380 g/mol. The molecule has 2 aromatic heterocycles. The third-order valence-electron chi connectivity index (χ3n) is 4.17. The second-order valence-electron chi connectivity index (χ2n) is 5.89. The van der Waals surface area contributed by atoms with Gasteiger partial charge in [0.25, 0.3) is 0 Å². The van der Waals surface area contributed by atoms with Gasteiger partial charge in [-0.25, -0.2) is 4.98 Å². The van der Waals surface area contributed by atoms with E-state index in [9.17, 15) is 0 Å². The van der Waals surface area contributed by atoms with Crippen molar-refractivity contribution < 1.29 is 0 Å². The minimum Gasteiger partial charge on any atom is -0.240 e. The van der Waals surface area contributed by atoms with Crippen LogP contribution in [0.2, 0.25) is 0 Å². The molecule has 0 aliphatic rings. The largest absolute Gasteiger partial charge is 0.240 e. The van der Waals surface area contributed by atoms with Crippen molar-refractivity contribution in [3.8, 4) is 16.3 Å². The zero-order chi connectivity index (χ0) is 17.9. The molecule has 0 N–H and O–H groups in total. The van der Waals surface area contributed by atoms with Crippen LogP contribution in [-0.4, -0.2) is 25.2 Å². The van der Waals surface area contributed by atoms with Gasteiger partial charge in [-0.05, 0) is 41.5 Å². The molecule has 0 saturated carbocycles. The molecule has 4 rings (SSSR count). The average Bonchev–Trinajstić information content (AvgIpc) is 3.32. The summed E-state index contributed by atoms with van der Waals surface area (Å²) in [5.74, 6) is 0.731. The van der Waals surface area contributed by atoms with Gasteiger partial charge >= 0.3 is 0 Å². The molecule has 4 aromatic rings. The van der Waals surface area contributed by atoms with E-state index in [0.29, 0.717) is 0 Å². The molecule has 0 atom stereocenters. The summed E-state index contributed by atoms with van der Waals surface area (Å²) in [6.07, 6.45) is 0. The number of thiazole rings is 1. The molecule has 0 amide bonds. The molecule has 130 valence electrons. The van der Waals surface area contributed by atoms with Crippen LogP contribution < -0.4 is 0 Å². The second-order valence-corrected chi connectivity index (χ2v) is 7.69. The number of benzene rings is 2. The van der Waals surface area contributed by atoms with Gasteiger partial charge in [0, 0.05) is 16.7 Å². The Hall–Kier alpha value is -2.51.